The van der Waals surface area contributed by atoms with Crippen LogP contribution in [-0.4, -0.2) is 41.6 Å². The van der Waals surface area contributed by atoms with Crippen molar-refractivity contribution < 1.29 is 24.0 Å². The van der Waals surface area contributed by atoms with Crippen LogP contribution < -0.4 is 15.0 Å². The van der Waals surface area contributed by atoms with E-state index in [4.69, 9.17) is 4.74 Å². The van der Waals surface area contributed by atoms with E-state index < -0.39 is 34.1 Å². The maximum atomic E-state index is 14.8. The zero-order valence-electron chi connectivity index (χ0n) is 23.0. The van der Waals surface area contributed by atoms with Crippen LogP contribution in [0.2, 0.25) is 0 Å². The summed E-state index contributed by atoms with van der Waals surface area (Å²) in [6.07, 6.45) is 3.83. The van der Waals surface area contributed by atoms with Crippen LogP contribution in [-0.2, 0) is 10.2 Å². The summed E-state index contributed by atoms with van der Waals surface area (Å²) in [4.78, 5) is 56.6. The first-order valence-corrected chi connectivity index (χ1v) is 13.8. The predicted octanol–water partition coefficient (Wildman–Crippen LogP) is 5.46. The van der Waals surface area contributed by atoms with Gasteiger partial charge in [0.1, 0.15) is 17.2 Å². The number of methoxy groups -OCH3 is 1. The van der Waals surface area contributed by atoms with Gasteiger partial charge in [-0.2, -0.15) is 0 Å². The number of ether oxygens (including phenoxy) is 1. The third-order valence-electron chi connectivity index (χ3n) is 8.81. The molecule has 1 spiro atoms. The van der Waals surface area contributed by atoms with Crippen LogP contribution in [0.15, 0.2) is 103 Å². The Hall–Kier alpha value is -5.57. The Morgan fingerprint density at radius 2 is 1.65 bits per heavy atom. The zero-order chi connectivity index (χ0) is 29.9. The number of ketones is 2. The number of anilines is 2. The summed E-state index contributed by atoms with van der Waals surface area (Å²) >= 11 is 0. The van der Waals surface area contributed by atoms with E-state index in [9.17, 15) is 24.5 Å². The maximum Gasteiger partial charge on any atom is 0.269 e. The van der Waals surface area contributed by atoms with Crippen molar-refractivity contribution in [1.29, 1.82) is 0 Å². The first-order valence-electron chi connectivity index (χ1n) is 13.8. The van der Waals surface area contributed by atoms with Crippen LogP contribution in [0.3, 0.4) is 0 Å². The third-order valence-corrected chi connectivity index (χ3v) is 8.81. The largest absolute Gasteiger partial charge is 0.497 e. The normalized spacial score (nSPS) is 22.9. The average molecular weight is 572 g/mol. The molecule has 43 heavy (non-hydrogen) atoms. The molecular formula is C34H25N3O6. The van der Waals surface area contributed by atoms with Crippen LogP contribution in [0.5, 0.6) is 5.75 Å². The first kappa shape index (κ1) is 26.3. The highest BCUT2D eigenvalue weighted by atomic mass is 16.6. The highest BCUT2D eigenvalue weighted by Gasteiger charge is 2.70. The van der Waals surface area contributed by atoms with Gasteiger partial charge in [0.2, 0.25) is 5.91 Å². The predicted molar refractivity (Wildman–Crippen MR) is 161 cm³/mol. The molecule has 1 saturated heterocycles. The van der Waals surface area contributed by atoms with Crippen molar-refractivity contribution in [3.05, 3.63) is 136 Å². The Morgan fingerprint density at radius 3 is 2.42 bits per heavy atom. The van der Waals surface area contributed by atoms with Gasteiger partial charge in [-0.15, -0.1) is 0 Å². The van der Waals surface area contributed by atoms with Crippen LogP contribution in [0, 0.1) is 16.0 Å². The van der Waals surface area contributed by atoms with Crippen LogP contribution in [0.25, 0.3) is 6.08 Å². The van der Waals surface area contributed by atoms with Crippen molar-refractivity contribution in [2.75, 3.05) is 17.3 Å². The Labute approximate surface area is 246 Å². The Morgan fingerprint density at radius 1 is 0.907 bits per heavy atom. The van der Waals surface area contributed by atoms with Gasteiger partial charge in [0, 0.05) is 34.6 Å². The number of Topliss-reactive ketones (excluding diaryl/α,β-unsaturated/α-hetero) is 2. The summed E-state index contributed by atoms with van der Waals surface area (Å²) in [6.45, 7) is 0. The van der Waals surface area contributed by atoms with Crippen molar-refractivity contribution in [3.8, 4) is 5.75 Å². The van der Waals surface area contributed by atoms with E-state index in [2.05, 4.69) is 5.32 Å². The van der Waals surface area contributed by atoms with E-state index in [1.807, 2.05) is 59.5 Å². The molecule has 1 N–H and O–H groups in total. The number of rotatable bonds is 6. The molecule has 9 nitrogen and oxygen atoms in total. The number of fused-ring (bicyclic) bond motifs is 6. The summed E-state index contributed by atoms with van der Waals surface area (Å²) in [5, 5.41) is 14.3. The number of carbonyl (C=O) groups excluding carboxylic acids is 3. The number of carbonyl (C=O) groups is 3. The molecule has 3 aliphatic rings. The molecule has 0 aromatic heterocycles. The molecule has 0 unspecified atom stereocenters. The number of nitrogens with one attached hydrogen (secondary N) is 1. The minimum absolute atomic E-state index is 0.156. The lowest BCUT2D eigenvalue weighted by Crippen LogP contribution is -2.51. The summed E-state index contributed by atoms with van der Waals surface area (Å²) in [7, 11) is 1.50. The molecule has 0 aliphatic carbocycles. The number of amides is 1. The van der Waals surface area contributed by atoms with E-state index >= 15 is 0 Å². The zero-order valence-corrected chi connectivity index (χ0v) is 23.0. The molecule has 1 fully saturated rings. The van der Waals surface area contributed by atoms with Crippen LogP contribution in [0.1, 0.15) is 31.8 Å². The lowest BCUT2D eigenvalue weighted by molar-refractivity contribution is -0.384. The summed E-state index contributed by atoms with van der Waals surface area (Å²) in [5.41, 5.74) is 1.68. The number of para-hydroxylation sites is 2. The molecule has 9 heteroatoms. The fourth-order valence-corrected chi connectivity index (χ4v) is 6.99. The smallest absolute Gasteiger partial charge is 0.269 e. The van der Waals surface area contributed by atoms with Crippen molar-refractivity contribution >= 4 is 40.6 Å². The van der Waals surface area contributed by atoms with E-state index in [-0.39, 0.29) is 22.9 Å². The van der Waals surface area contributed by atoms with Crippen LogP contribution >= 0.6 is 0 Å². The van der Waals surface area contributed by atoms with Crippen molar-refractivity contribution in [3.63, 3.8) is 0 Å². The molecule has 7 rings (SSSR count). The molecule has 1 amide bonds. The van der Waals surface area contributed by atoms with Gasteiger partial charge in [0.25, 0.3) is 5.69 Å². The second-order valence-electron chi connectivity index (χ2n) is 10.8. The second kappa shape index (κ2) is 9.77. The van der Waals surface area contributed by atoms with E-state index in [0.717, 1.165) is 5.56 Å². The molecule has 3 aliphatic heterocycles. The number of nitro groups is 1. The number of non-ortho nitro benzene ring substituents is 1. The van der Waals surface area contributed by atoms with Crippen molar-refractivity contribution in [2.24, 2.45) is 5.92 Å². The standard InChI is InChI=1S/C34H25N3O6/c1-43-24-9-6-8-22(19-24)31(38)29-30(32(39)21-13-16-23(17-14-21)37(41)42)36-27-12-5-2-7-20(27)15-18-28(36)34(29)25-10-3-4-11-26(25)35-33(34)40/h2-19,28-30H,1H3,(H,35,40)/t28-,29+,30-,34+/m1/s1. The van der Waals surface area contributed by atoms with Crippen molar-refractivity contribution in [1.82, 2.24) is 0 Å². The van der Waals surface area contributed by atoms with Gasteiger partial charge in [-0.3, -0.25) is 24.5 Å². The Kier molecular flexibility index (Phi) is 5.98. The molecule has 0 bridgehead atoms. The maximum absolute atomic E-state index is 14.8. The number of hydrogen-bond acceptors (Lipinski definition) is 7. The average Bonchev–Trinajstić information content (AvgIpc) is 3.52. The molecule has 4 aromatic rings. The summed E-state index contributed by atoms with van der Waals surface area (Å²) in [5.74, 6) is -1.86. The molecule has 3 heterocycles. The Bertz CT molecular complexity index is 1870. The molecule has 0 radical (unpaired) electrons. The second-order valence-corrected chi connectivity index (χ2v) is 10.8. The summed E-state index contributed by atoms with van der Waals surface area (Å²) < 4.78 is 5.40. The molecule has 0 saturated carbocycles. The van der Waals surface area contributed by atoms with Gasteiger partial charge >= 0.3 is 0 Å². The van der Waals surface area contributed by atoms with Gasteiger partial charge in [-0.1, -0.05) is 60.7 Å². The lowest BCUT2D eigenvalue weighted by Gasteiger charge is -2.37. The third kappa shape index (κ3) is 3.74. The van der Waals surface area contributed by atoms with Gasteiger partial charge in [0.15, 0.2) is 11.6 Å². The molecule has 4 atom stereocenters. The molecule has 4 aromatic carbocycles. The fourth-order valence-electron chi connectivity index (χ4n) is 6.99. The van der Waals surface area contributed by atoms with E-state index in [1.165, 1.54) is 31.4 Å². The molecule has 212 valence electrons. The monoisotopic (exact) mass is 571 g/mol. The minimum Gasteiger partial charge on any atom is -0.497 e. The summed E-state index contributed by atoms with van der Waals surface area (Å²) in [6, 6.07) is 25.1. The highest BCUT2D eigenvalue weighted by Crippen LogP contribution is 2.58. The quantitative estimate of drug-likeness (QED) is 0.185. The number of nitrogens with zero attached hydrogens (tertiary/aromatic N) is 2. The van der Waals surface area contributed by atoms with E-state index in [1.54, 1.807) is 30.3 Å². The number of hydrogen-bond donors (Lipinski definition) is 1. The van der Waals surface area contributed by atoms with Gasteiger partial charge in [0.05, 0.1) is 24.0 Å². The number of benzene rings is 4. The van der Waals surface area contributed by atoms with Gasteiger partial charge in [-0.05, 0) is 47.5 Å². The van der Waals surface area contributed by atoms with E-state index in [0.29, 0.717) is 28.3 Å². The number of nitro benzene ring substituents is 1. The Balaban J connectivity index is 1.51. The van der Waals surface area contributed by atoms with Gasteiger partial charge < -0.3 is 15.0 Å². The van der Waals surface area contributed by atoms with Crippen molar-refractivity contribution in [2.45, 2.75) is 17.5 Å². The topological polar surface area (TPSA) is 119 Å². The van der Waals surface area contributed by atoms with Crippen LogP contribution in [0.4, 0.5) is 17.1 Å². The van der Waals surface area contributed by atoms with Gasteiger partial charge in [-0.25, -0.2) is 0 Å². The molecular weight excluding hydrogens is 546 g/mol. The minimum atomic E-state index is -1.46. The fraction of sp³-hybridized carbons (Fsp3) is 0.147. The first-order chi connectivity index (χ1) is 20.9. The SMILES string of the molecule is COc1cccc(C(=O)[C@@H]2[C@H](C(=O)c3ccc([N+](=O)[O-])cc3)N3c4ccccc4C=C[C@@H]3[C@]23C(=O)Nc2ccccc23)c1. The lowest BCUT2D eigenvalue weighted by atomic mass is 9.64. The highest BCUT2D eigenvalue weighted by molar-refractivity contribution is 6.18.